The van der Waals surface area contributed by atoms with Crippen LogP contribution in [0.2, 0.25) is 0 Å². The fourth-order valence-corrected chi connectivity index (χ4v) is 4.53. The molecule has 1 aliphatic rings. The second-order valence-corrected chi connectivity index (χ2v) is 11.1. The minimum atomic E-state index is -4.61. The van der Waals surface area contributed by atoms with Gasteiger partial charge in [0.2, 0.25) is 5.88 Å². The van der Waals surface area contributed by atoms with Gasteiger partial charge in [0.05, 0.1) is 19.8 Å². The lowest BCUT2D eigenvalue weighted by Gasteiger charge is -2.28. The Kier molecular flexibility index (Phi) is 9.22. The first-order chi connectivity index (χ1) is 18.9. The van der Waals surface area contributed by atoms with E-state index in [9.17, 15) is 13.8 Å². The van der Waals surface area contributed by atoms with Crippen molar-refractivity contribution in [3.05, 3.63) is 71.3 Å². The number of hydrogen-bond donors (Lipinski definition) is 3. The number of carbonyl (C=O) groups excluding carboxylic acids is 1. The lowest BCUT2D eigenvalue weighted by Crippen LogP contribution is -2.36. The van der Waals surface area contributed by atoms with Gasteiger partial charge in [-0.05, 0) is 73.4 Å². The summed E-state index contributed by atoms with van der Waals surface area (Å²) in [7, 11) is -4.61. The van der Waals surface area contributed by atoms with E-state index in [0.29, 0.717) is 48.9 Å². The molecule has 1 saturated heterocycles. The van der Waals surface area contributed by atoms with Crippen LogP contribution in [0, 0.1) is 6.92 Å². The summed E-state index contributed by atoms with van der Waals surface area (Å²) < 4.78 is 41.0. The Morgan fingerprint density at radius 1 is 1.12 bits per heavy atom. The van der Waals surface area contributed by atoms with Gasteiger partial charge in [-0.2, -0.15) is 4.98 Å². The van der Waals surface area contributed by atoms with Crippen LogP contribution < -0.4 is 15.0 Å². The van der Waals surface area contributed by atoms with Gasteiger partial charge in [-0.15, -0.1) is 0 Å². The zero-order valence-corrected chi connectivity index (χ0v) is 23.5. The molecule has 2 aromatic carbocycles. The van der Waals surface area contributed by atoms with Gasteiger partial charge in [-0.1, -0.05) is 18.2 Å². The molecule has 40 heavy (non-hydrogen) atoms. The maximum atomic E-state index is 14.4. The Morgan fingerprint density at radius 2 is 1.88 bits per heavy atom. The highest BCUT2D eigenvalue weighted by Gasteiger charge is 2.21. The maximum Gasteiger partial charge on any atom is 0.469 e. The first-order valence-corrected chi connectivity index (χ1v) is 14.3. The van der Waals surface area contributed by atoms with Crippen molar-refractivity contribution in [2.75, 3.05) is 49.7 Å². The number of phosphoric acid groups is 1. The fraction of sp³-hybridized carbons (Fsp3) is 0.357. The first kappa shape index (κ1) is 29.6. The highest BCUT2D eigenvalue weighted by Crippen LogP contribution is 2.36. The molecule has 3 N–H and O–H groups in total. The Labute approximate surface area is 232 Å². The van der Waals surface area contributed by atoms with E-state index in [1.54, 1.807) is 36.4 Å². The van der Waals surface area contributed by atoms with Crippen LogP contribution in [0.15, 0.2) is 54.6 Å². The second kappa shape index (κ2) is 12.4. The molecule has 0 atom stereocenters. The molecule has 0 unspecified atom stereocenters. The summed E-state index contributed by atoms with van der Waals surface area (Å²) in [6, 6.07) is 15.6. The van der Waals surface area contributed by atoms with E-state index < -0.39 is 13.5 Å². The molecule has 4 rings (SSSR count). The molecule has 214 valence electrons. The van der Waals surface area contributed by atoms with Crippen molar-refractivity contribution in [3.63, 3.8) is 0 Å². The van der Waals surface area contributed by atoms with Gasteiger partial charge in [0.25, 0.3) is 5.91 Å². The van der Waals surface area contributed by atoms with Crippen LogP contribution in [0.25, 0.3) is 11.1 Å². The maximum absolute atomic E-state index is 14.4. The van der Waals surface area contributed by atoms with Gasteiger partial charge in [0.15, 0.2) is 0 Å². The van der Waals surface area contributed by atoms with Gasteiger partial charge in [-0.25, -0.2) is 8.96 Å². The Hall–Kier alpha value is -3.34. The molecule has 0 bridgehead atoms. The fourth-order valence-electron chi connectivity index (χ4n) is 4.22. The van der Waals surface area contributed by atoms with Crippen molar-refractivity contribution in [2.45, 2.75) is 26.4 Å². The summed E-state index contributed by atoms with van der Waals surface area (Å²) in [5, 5.41) is 2.90. The molecule has 2 heterocycles. The number of alkyl halides is 1. The molecule has 0 spiro atoms. The number of carbonyl (C=O) groups is 1. The Morgan fingerprint density at radius 3 is 2.58 bits per heavy atom. The standard InChI is InChI=1S/C28H33FN3O7P/c1-19-7-8-23(30-27(33)20-5-4-6-22(15-20)28(2,3)29)18-24(19)21-16-25(32-9-11-37-12-10-32)31-26(17-21)38-13-14-39-40(34,35)36/h4-8,15-18H,9-14H2,1-3H3,(H,30,33)(H2,34,35,36). The predicted octanol–water partition coefficient (Wildman–Crippen LogP) is 4.84. The molecule has 12 heteroatoms. The van der Waals surface area contributed by atoms with E-state index in [-0.39, 0.29) is 25.0 Å². The number of aromatic nitrogens is 1. The molecule has 0 radical (unpaired) electrons. The molecule has 1 amide bonds. The molecule has 10 nitrogen and oxygen atoms in total. The number of rotatable bonds is 10. The van der Waals surface area contributed by atoms with E-state index >= 15 is 0 Å². The van der Waals surface area contributed by atoms with Crippen LogP contribution in [-0.2, 0) is 19.5 Å². The lowest BCUT2D eigenvalue weighted by atomic mass is 9.97. The first-order valence-electron chi connectivity index (χ1n) is 12.8. The van der Waals surface area contributed by atoms with E-state index in [2.05, 4.69) is 19.7 Å². The number of phosphoric ester groups is 1. The number of pyridine rings is 1. The number of anilines is 2. The Bertz CT molecular complexity index is 1400. The third kappa shape index (κ3) is 8.09. The van der Waals surface area contributed by atoms with Crippen LogP contribution in [0.4, 0.5) is 15.9 Å². The van der Waals surface area contributed by atoms with Crippen LogP contribution >= 0.6 is 7.82 Å². The number of nitrogens with zero attached hydrogens (tertiary/aromatic N) is 2. The summed E-state index contributed by atoms with van der Waals surface area (Å²) in [6.45, 7) is 6.79. The molecular weight excluding hydrogens is 540 g/mol. The number of ether oxygens (including phenoxy) is 2. The number of amides is 1. The summed E-state index contributed by atoms with van der Waals surface area (Å²) in [5.41, 5.74) is 2.27. The number of aryl methyl sites for hydroxylation is 1. The van der Waals surface area contributed by atoms with E-state index in [0.717, 1.165) is 16.7 Å². The van der Waals surface area contributed by atoms with Crippen LogP contribution in [0.5, 0.6) is 5.88 Å². The SMILES string of the molecule is Cc1ccc(NC(=O)c2cccc(C(C)(C)F)c2)cc1-c1cc(OCCOP(=O)(O)O)nc(N2CCOCC2)c1. The second-order valence-electron chi connectivity index (χ2n) is 9.86. The zero-order valence-electron chi connectivity index (χ0n) is 22.6. The van der Waals surface area contributed by atoms with Crippen LogP contribution in [0.1, 0.15) is 35.3 Å². The Balaban J connectivity index is 1.61. The van der Waals surface area contributed by atoms with Crippen molar-refractivity contribution in [1.29, 1.82) is 0 Å². The highest BCUT2D eigenvalue weighted by atomic mass is 31.2. The van der Waals surface area contributed by atoms with E-state index in [4.69, 9.17) is 19.3 Å². The summed E-state index contributed by atoms with van der Waals surface area (Å²) in [4.78, 5) is 37.5. The van der Waals surface area contributed by atoms with Crippen molar-refractivity contribution in [3.8, 4) is 17.0 Å². The largest absolute Gasteiger partial charge is 0.475 e. The number of hydrogen-bond acceptors (Lipinski definition) is 7. The minimum absolute atomic E-state index is 0.117. The molecule has 0 aliphatic carbocycles. The predicted molar refractivity (Wildman–Crippen MR) is 149 cm³/mol. The number of benzene rings is 2. The van der Waals surface area contributed by atoms with Crippen molar-refractivity contribution < 1.29 is 37.5 Å². The summed E-state index contributed by atoms with van der Waals surface area (Å²) in [5.74, 6) is 0.553. The van der Waals surface area contributed by atoms with Crippen molar-refractivity contribution in [2.24, 2.45) is 0 Å². The van der Waals surface area contributed by atoms with E-state index in [1.165, 1.54) is 13.8 Å². The third-order valence-electron chi connectivity index (χ3n) is 6.33. The van der Waals surface area contributed by atoms with Gasteiger partial charge < -0.3 is 29.5 Å². The topological polar surface area (TPSA) is 130 Å². The quantitative estimate of drug-likeness (QED) is 0.230. The van der Waals surface area contributed by atoms with E-state index in [1.807, 2.05) is 25.1 Å². The van der Waals surface area contributed by atoms with Gasteiger partial charge in [0, 0.05) is 30.4 Å². The van der Waals surface area contributed by atoms with Gasteiger partial charge in [-0.3, -0.25) is 9.32 Å². The van der Waals surface area contributed by atoms with Gasteiger partial charge >= 0.3 is 7.82 Å². The van der Waals surface area contributed by atoms with Gasteiger partial charge in [0.1, 0.15) is 18.1 Å². The third-order valence-corrected chi connectivity index (χ3v) is 6.85. The lowest BCUT2D eigenvalue weighted by molar-refractivity contribution is 0.102. The molecular formula is C28H33FN3O7P. The smallest absolute Gasteiger partial charge is 0.469 e. The molecule has 3 aromatic rings. The molecule has 1 aliphatic heterocycles. The van der Waals surface area contributed by atoms with Crippen molar-refractivity contribution >= 4 is 25.2 Å². The average Bonchev–Trinajstić information content (AvgIpc) is 2.91. The van der Waals surface area contributed by atoms with Crippen LogP contribution in [0.3, 0.4) is 0 Å². The normalized spacial score (nSPS) is 14.2. The number of morpholine rings is 1. The average molecular weight is 574 g/mol. The highest BCUT2D eigenvalue weighted by molar-refractivity contribution is 7.46. The van der Waals surface area contributed by atoms with Crippen LogP contribution in [-0.4, -0.2) is 60.2 Å². The monoisotopic (exact) mass is 573 g/mol. The molecule has 1 fully saturated rings. The number of halogens is 1. The zero-order chi connectivity index (χ0) is 28.9. The summed E-state index contributed by atoms with van der Waals surface area (Å²) >= 11 is 0. The molecule has 0 saturated carbocycles. The molecule has 1 aromatic heterocycles. The number of nitrogens with one attached hydrogen (secondary N) is 1. The summed E-state index contributed by atoms with van der Waals surface area (Å²) in [6.07, 6.45) is 0. The van der Waals surface area contributed by atoms with Crippen molar-refractivity contribution in [1.82, 2.24) is 4.98 Å². The minimum Gasteiger partial charge on any atom is -0.475 e.